The fourth-order valence-corrected chi connectivity index (χ4v) is 5.93. The zero-order valence-electron chi connectivity index (χ0n) is 14.2. The quantitative estimate of drug-likeness (QED) is 0.881. The number of benzene rings is 1. The minimum absolute atomic E-state index is 0.0524. The molecule has 1 aliphatic carbocycles. The molecule has 0 unspecified atom stereocenters. The maximum atomic E-state index is 12.7. The molecular weight excluding hydrogens is 340 g/mol. The summed E-state index contributed by atoms with van der Waals surface area (Å²) in [6.45, 7) is 2.55. The Labute approximate surface area is 148 Å². The van der Waals surface area contributed by atoms with Gasteiger partial charge in [0.1, 0.15) is 0 Å². The van der Waals surface area contributed by atoms with Crippen LogP contribution in [-0.4, -0.2) is 60.9 Å². The molecule has 1 N–H and O–H groups in total. The molecule has 3 aliphatic rings. The average Bonchev–Trinajstić information content (AvgIpc) is 3.24. The van der Waals surface area contributed by atoms with E-state index in [0.29, 0.717) is 31.7 Å². The van der Waals surface area contributed by atoms with Crippen LogP contribution < -0.4 is 0 Å². The molecule has 6 nitrogen and oxygen atoms in total. The molecule has 2 aliphatic heterocycles. The largest absolute Gasteiger partial charge is 0.393 e. The first-order chi connectivity index (χ1) is 11.9. The number of aliphatic hydroxyl groups excluding tert-OH is 1. The van der Waals surface area contributed by atoms with Crippen LogP contribution in [-0.2, 0) is 10.0 Å². The van der Waals surface area contributed by atoms with Gasteiger partial charge >= 0.3 is 0 Å². The van der Waals surface area contributed by atoms with Crippen molar-refractivity contribution in [3.05, 3.63) is 29.8 Å². The number of carbonyl (C=O) groups is 1. The average molecular weight is 364 g/mol. The fourth-order valence-electron chi connectivity index (χ4n) is 4.41. The van der Waals surface area contributed by atoms with Gasteiger partial charge in [-0.15, -0.1) is 0 Å². The van der Waals surface area contributed by atoms with Crippen molar-refractivity contribution in [1.82, 2.24) is 9.21 Å². The Kier molecular flexibility index (Phi) is 4.13. The van der Waals surface area contributed by atoms with E-state index >= 15 is 0 Å². The molecule has 0 aromatic heterocycles. The molecule has 1 aromatic carbocycles. The molecule has 2 heterocycles. The van der Waals surface area contributed by atoms with Gasteiger partial charge in [-0.2, -0.15) is 4.31 Å². The first-order valence-electron chi connectivity index (χ1n) is 8.97. The number of amides is 1. The number of likely N-dealkylation sites (tertiary alicyclic amines) is 1. The highest BCUT2D eigenvalue weighted by molar-refractivity contribution is 7.89. The van der Waals surface area contributed by atoms with Crippen LogP contribution in [0.1, 0.15) is 42.5 Å². The van der Waals surface area contributed by atoms with Crippen molar-refractivity contribution in [2.24, 2.45) is 5.41 Å². The molecule has 1 amide bonds. The second-order valence-corrected chi connectivity index (χ2v) is 9.61. The summed E-state index contributed by atoms with van der Waals surface area (Å²) < 4.78 is 26.6. The van der Waals surface area contributed by atoms with E-state index in [1.807, 2.05) is 4.90 Å². The lowest BCUT2D eigenvalue weighted by Crippen LogP contribution is -2.43. The molecule has 1 spiro atoms. The van der Waals surface area contributed by atoms with Crippen LogP contribution in [0.5, 0.6) is 0 Å². The van der Waals surface area contributed by atoms with Crippen LogP contribution in [0.4, 0.5) is 0 Å². The minimum Gasteiger partial charge on any atom is -0.393 e. The Morgan fingerprint density at radius 3 is 2.32 bits per heavy atom. The summed E-state index contributed by atoms with van der Waals surface area (Å²) in [5, 5.41) is 9.55. The van der Waals surface area contributed by atoms with Crippen molar-refractivity contribution in [2.45, 2.75) is 43.1 Å². The maximum Gasteiger partial charge on any atom is 0.253 e. The Balaban J connectivity index is 1.46. The van der Waals surface area contributed by atoms with Crippen LogP contribution in [0, 0.1) is 5.41 Å². The summed E-state index contributed by atoms with van der Waals surface area (Å²) in [6.07, 6.45) is 4.10. The lowest BCUT2D eigenvalue weighted by molar-refractivity contribution is -0.0242. The summed E-state index contributed by atoms with van der Waals surface area (Å²) in [5.74, 6) is -0.0524. The number of sulfonamides is 1. The molecule has 0 atom stereocenters. The van der Waals surface area contributed by atoms with E-state index < -0.39 is 10.0 Å². The van der Waals surface area contributed by atoms with Crippen LogP contribution in [0.25, 0.3) is 0 Å². The molecule has 7 heteroatoms. The number of nitrogens with zero attached hydrogens (tertiary/aromatic N) is 2. The smallest absolute Gasteiger partial charge is 0.253 e. The van der Waals surface area contributed by atoms with Gasteiger partial charge in [-0.25, -0.2) is 8.42 Å². The molecule has 136 valence electrons. The van der Waals surface area contributed by atoms with Gasteiger partial charge in [0.2, 0.25) is 10.0 Å². The van der Waals surface area contributed by atoms with Crippen LogP contribution >= 0.6 is 0 Å². The van der Waals surface area contributed by atoms with Crippen molar-refractivity contribution in [2.75, 3.05) is 26.2 Å². The molecule has 25 heavy (non-hydrogen) atoms. The van der Waals surface area contributed by atoms with E-state index in [1.54, 1.807) is 24.3 Å². The predicted molar refractivity (Wildman–Crippen MR) is 92.6 cm³/mol. The lowest BCUT2D eigenvalue weighted by atomic mass is 9.66. The highest BCUT2D eigenvalue weighted by Gasteiger charge is 2.48. The summed E-state index contributed by atoms with van der Waals surface area (Å²) in [6, 6.07) is 6.32. The van der Waals surface area contributed by atoms with E-state index in [2.05, 4.69) is 0 Å². The number of hydrogen-bond acceptors (Lipinski definition) is 4. The van der Waals surface area contributed by atoms with E-state index in [9.17, 15) is 18.3 Å². The molecule has 3 fully saturated rings. The molecule has 0 radical (unpaired) electrons. The van der Waals surface area contributed by atoms with Crippen LogP contribution in [0.2, 0.25) is 0 Å². The molecule has 1 aromatic rings. The Bertz CT molecular complexity index is 763. The standard InChI is InChI=1S/C18H24N2O4S/c21-15-11-18(12-15)7-10-19(13-18)17(22)14-3-5-16(6-4-14)25(23,24)20-8-1-2-9-20/h3-6,15,21H,1-2,7-13H2. The van der Waals surface area contributed by atoms with Gasteiger partial charge in [-0.3, -0.25) is 4.79 Å². The molecule has 2 saturated heterocycles. The van der Waals surface area contributed by atoms with Crippen molar-refractivity contribution < 1.29 is 18.3 Å². The Morgan fingerprint density at radius 2 is 1.72 bits per heavy atom. The first kappa shape index (κ1) is 17.0. The van der Waals surface area contributed by atoms with Gasteiger partial charge in [0.05, 0.1) is 11.0 Å². The summed E-state index contributed by atoms with van der Waals surface area (Å²) in [5.41, 5.74) is 0.631. The highest BCUT2D eigenvalue weighted by Crippen LogP contribution is 2.48. The van der Waals surface area contributed by atoms with Crippen LogP contribution in [0.15, 0.2) is 29.2 Å². The zero-order valence-corrected chi connectivity index (χ0v) is 15.0. The van der Waals surface area contributed by atoms with Gasteiger partial charge in [0, 0.05) is 31.7 Å². The lowest BCUT2D eigenvalue weighted by Gasteiger charge is -2.42. The van der Waals surface area contributed by atoms with E-state index in [1.165, 1.54) is 4.31 Å². The number of hydrogen-bond donors (Lipinski definition) is 1. The Morgan fingerprint density at radius 1 is 1.08 bits per heavy atom. The zero-order chi connectivity index (χ0) is 17.7. The van der Waals surface area contributed by atoms with Crippen molar-refractivity contribution in [1.29, 1.82) is 0 Å². The normalized spacial score (nSPS) is 30.0. The third-order valence-corrected chi connectivity index (χ3v) is 7.78. The molecule has 1 saturated carbocycles. The van der Waals surface area contributed by atoms with E-state index in [4.69, 9.17) is 0 Å². The third kappa shape index (κ3) is 2.98. The van der Waals surface area contributed by atoms with Gasteiger partial charge in [0.15, 0.2) is 0 Å². The Hall–Kier alpha value is -1.44. The highest BCUT2D eigenvalue weighted by atomic mass is 32.2. The second-order valence-electron chi connectivity index (χ2n) is 7.67. The van der Waals surface area contributed by atoms with Crippen molar-refractivity contribution >= 4 is 15.9 Å². The first-order valence-corrected chi connectivity index (χ1v) is 10.4. The van der Waals surface area contributed by atoms with Gasteiger partial charge in [-0.1, -0.05) is 0 Å². The predicted octanol–water partition coefficient (Wildman–Crippen LogP) is 1.46. The fraction of sp³-hybridized carbons (Fsp3) is 0.611. The van der Waals surface area contributed by atoms with Gasteiger partial charge in [-0.05, 0) is 61.8 Å². The van der Waals surface area contributed by atoms with Gasteiger partial charge in [0.25, 0.3) is 5.91 Å². The van der Waals surface area contributed by atoms with E-state index in [-0.39, 0.29) is 22.3 Å². The number of rotatable bonds is 3. The van der Waals surface area contributed by atoms with Crippen molar-refractivity contribution in [3.63, 3.8) is 0 Å². The van der Waals surface area contributed by atoms with Crippen molar-refractivity contribution in [3.8, 4) is 0 Å². The second kappa shape index (κ2) is 6.07. The van der Waals surface area contributed by atoms with E-state index in [0.717, 1.165) is 32.1 Å². The van der Waals surface area contributed by atoms with Crippen LogP contribution in [0.3, 0.4) is 0 Å². The maximum absolute atomic E-state index is 12.7. The summed E-state index contributed by atoms with van der Waals surface area (Å²) in [4.78, 5) is 14.8. The SMILES string of the molecule is O=C(c1ccc(S(=O)(=O)N2CCCC2)cc1)N1CCC2(CC(O)C2)C1. The minimum atomic E-state index is -3.44. The monoisotopic (exact) mass is 364 g/mol. The third-order valence-electron chi connectivity index (χ3n) is 5.87. The number of carbonyl (C=O) groups excluding carboxylic acids is 1. The summed E-state index contributed by atoms with van der Waals surface area (Å²) >= 11 is 0. The number of aliphatic hydroxyl groups is 1. The molecule has 4 rings (SSSR count). The summed E-state index contributed by atoms with van der Waals surface area (Å²) in [7, 11) is -3.44. The topological polar surface area (TPSA) is 77.9 Å². The van der Waals surface area contributed by atoms with Gasteiger partial charge < -0.3 is 10.0 Å². The molecular formula is C18H24N2O4S. The molecule has 0 bridgehead atoms.